The van der Waals surface area contributed by atoms with Crippen LogP contribution in [0.4, 0.5) is 0 Å². The van der Waals surface area contributed by atoms with Gasteiger partial charge in [0.1, 0.15) is 0 Å². The van der Waals surface area contributed by atoms with Gasteiger partial charge in [-0.1, -0.05) is 53.9 Å². The number of rotatable bonds is 5. The molecule has 28 heavy (non-hydrogen) atoms. The first-order chi connectivity index (χ1) is 13.3. The fourth-order valence-corrected chi connectivity index (χ4v) is 9.55. The van der Waals surface area contributed by atoms with Gasteiger partial charge in [0.05, 0.1) is 0 Å². The van der Waals surface area contributed by atoms with Crippen LogP contribution in [0.25, 0.3) is 0 Å². The van der Waals surface area contributed by atoms with Crippen molar-refractivity contribution >= 4 is 11.6 Å². The molecular formula is C27H47Cl. The third-order valence-electron chi connectivity index (χ3n) is 10.8. The second-order valence-electron chi connectivity index (χ2n) is 12.6. The molecule has 0 aromatic heterocycles. The van der Waals surface area contributed by atoms with E-state index in [1.165, 1.54) is 77.0 Å². The summed E-state index contributed by atoms with van der Waals surface area (Å²) in [5, 5.41) is 0.464. The monoisotopic (exact) mass is 406 g/mol. The van der Waals surface area contributed by atoms with Crippen molar-refractivity contribution in [1.82, 2.24) is 0 Å². The van der Waals surface area contributed by atoms with Gasteiger partial charge < -0.3 is 0 Å². The summed E-state index contributed by atoms with van der Waals surface area (Å²) in [5.74, 6) is 6.77. The van der Waals surface area contributed by atoms with E-state index in [9.17, 15) is 0 Å². The quantitative estimate of drug-likeness (QED) is 0.400. The van der Waals surface area contributed by atoms with E-state index in [4.69, 9.17) is 11.6 Å². The summed E-state index contributed by atoms with van der Waals surface area (Å²) in [6, 6.07) is 0. The Morgan fingerprint density at radius 3 is 2.29 bits per heavy atom. The van der Waals surface area contributed by atoms with Gasteiger partial charge in [0.15, 0.2) is 0 Å². The zero-order chi connectivity index (χ0) is 20.1. The van der Waals surface area contributed by atoms with E-state index in [-0.39, 0.29) is 0 Å². The van der Waals surface area contributed by atoms with Crippen LogP contribution in [0, 0.1) is 52.3 Å². The van der Waals surface area contributed by atoms with Gasteiger partial charge in [-0.05, 0) is 110 Å². The lowest BCUT2D eigenvalue weighted by atomic mass is 9.44. The molecule has 4 aliphatic rings. The molecule has 4 fully saturated rings. The molecule has 9 atom stereocenters. The smallest absolute Gasteiger partial charge is 0.0339 e. The lowest BCUT2D eigenvalue weighted by Crippen LogP contribution is -2.53. The first kappa shape index (κ1) is 21.5. The Bertz CT molecular complexity index is 540. The summed E-state index contributed by atoms with van der Waals surface area (Å²) in [5.41, 5.74) is 1.25. The average Bonchev–Trinajstić information content (AvgIpc) is 2.99. The van der Waals surface area contributed by atoms with Gasteiger partial charge in [-0.25, -0.2) is 0 Å². The van der Waals surface area contributed by atoms with Crippen molar-refractivity contribution in [2.75, 3.05) is 0 Å². The van der Waals surface area contributed by atoms with Crippen LogP contribution in [0.3, 0.4) is 0 Å². The van der Waals surface area contributed by atoms with Crippen LogP contribution in [0.1, 0.15) is 112 Å². The van der Waals surface area contributed by atoms with Crippen molar-refractivity contribution in [1.29, 1.82) is 0 Å². The molecule has 7 unspecified atom stereocenters. The van der Waals surface area contributed by atoms with Gasteiger partial charge in [-0.15, -0.1) is 11.6 Å². The number of halogens is 1. The number of alkyl halides is 1. The number of hydrogen-bond acceptors (Lipinski definition) is 0. The molecule has 0 spiro atoms. The minimum atomic E-state index is 0.464. The summed E-state index contributed by atoms with van der Waals surface area (Å²) in [6.45, 7) is 12.8. The van der Waals surface area contributed by atoms with Crippen LogP contribution >= 0.6 is 11.6 Å². The Morgan fingerprint density at radius 2 is 1.54 bits per heavy atom. The van der Waals surface area contributed by atoms with Crippen LogP contribution in [0.2, 0.25) is 0 Å². The van der Waals surface area contributed by atoms with Crippen LogP contribution in [0.5, 0.6) is 0 Å². The van der Waals surface area contributed by atoms with Crippen LogP contribution in [-0.4, -0.2) is 5.38 Å². The predicted molar refractivity (Wildman–Crippen MR) is 123 cm³/mol. The Labute approximate surface area is 181 Å². The highest BCUT2D eigenvalue weighted by molar-refractivity contribution is 6.20. The van der Waals surface area contributed by atoms with E-state index in [2.05, 4.69) is 34.6 Å². The van der Waals surface area contributed by atoms with Crippen molar-refractivity contribution in [3.8, 4) is 0 Å². The summed E-state index contributed by atoms with van der Waals surface area (Å²) >= 11 is 6.60. The van der Waals surface area contributed by atoms with Gasteiger partial charge in [-0.2, -0.15) is 0 Å². The van der Waals surface area contributed by atoms with Gasteiger partial charge in [0.2, 0.25) is 0 Å². The lowest BCUT2D eigenvalue weighted by Gasteiger charge is -2.61. The van der Waals surface area contributed by atoms with Crippen LogP contribution < -0.4 is 0 Å². The van der Waals surface area contributed by atoms with Crippen molar-refractivity contribution in [3.05, 3.63) is 0 Å². The molecule has 0 nitrogen and oxygen atoms in total. The van der Waals surface area contributed by atoms with Gasteiger partial charge in [0, 0.05) is 5.38 Å². The second-order valence-corrected chi connectivity index (χ2v) is 13.2. The van der Waals surface area contributed by atoms with Crippen LogP contribution in [0.15, 0.2) is 0 Å². The van der Waals surface area contributed by atoms with E-state index in [1.54, 1.807) is 0 Å². The Morgan fingerprint density at radius 1 is 0.821 bits per heavy atom. The van der Waals surface area contributed by atoms with Crippen molar-refractivity contribution in [2.45, 2.75) is 117 Å². The van der Waals surface area contributed by atoms with E-state index in [1.807, 2.05) is 0 Å². The maximum atomic E-state index is 6.60. The van der Waals surface area contributed by atoms with Crippen LogP contribution in [-0.2, 0) is 0 Å². The third kappa shape index (κ3) is 3.61. The molecule has 0 saturated heterocycles. The zero-order valence-corrected chi connectivity index (χ0v) is 20.2. The fourth-order valence-electron chi connectivity index (χ4n) is 9.23. The van der Waals surface area contributed by atoms with E-state index < -0.39 is 0 Å². The largest absolute Gasteiger partial charge is 0.123 e. The minimum Gasteiger partial charge on any atom is -0.123 e. The van der Waals surface area contributed by atoms with E-state index in [0.29, 0.717) is 16.2 Å². The summed E-state index contributed by atoms with van der Waals surface area (Å²) in [4.78, 5) is 0. The molecule has 1 heteroatoms. The molecule has 4 aliphatic carbocycles. The van der Waals surface area contributed by atoms with Crippen molar-refractivity contribution in [3.63, 3.8) is 0 Å². The Balaban J connectivity index is 1.46. The number of hydrogen-bond donors (Lipinski definition) is 0. The highest BCUT2D eigenvalue weighted by atomic mass is 35.5. The SMILES string of the molecule is CC(C)CCCC(C)C1CCC2C3CC[C@H]4C[C@H](Cl)CCC4(C)C3CCC12C. The molecule has 4 saturated carbocycles. The first-order valence-corrected chi connectivity index (χ1v) is 13.3. The molecule has 0 aromatic rings. The fraction of sp³-hybridized carbons (Fsp3) is 1.00. The maximum Gasteiger partial charge on any atom is 0.0339 e. The van der Waals surface area contributed by atoms with Gasteiger partial charge in [-0.3, -0.25) is 0 Å². The van der Waals surface area contributed by atoms with Crippen molar-refractivity contribution in [2.24, 2.45) is 52.3 Å². The van der Waals surface area contributed by atoms with Gasteiger partial charge >= 0.3 is 0 Å². The predicted octanol–water partition coefficient (Wildman–Crippen LogP) is 8.72. The second kappa shape index (κ2) is 8.09. The first-order valence-electron chi connectivity index (χ1n) is 12.9. The summed E-state index contributed by atoms with van der Waals surface area (Å²) < 4.78 is 0. The maximum absolute atomic E-state index is 6.60. The normalized spacial score (nSPS) is 49.4. The van der Waals surface area contributed by atoms with Gasteiger partial charge in [0.25, 0.3) is 0 Å². The number of fused-ring (bicyclic) bond motifs is 5. The summed E-state index contributed by atoms with van der Waals surface area (Å²) in [6.07, 6.45) is 17.4. The van der Waals surface area contributed by atoms with E-state index in [0.717, 1.165) is 41.4 Å². The summed E-state index contributed by atoms with van der Waals surface area (Å²) in [7, 11) is 0. The standard InChI is InChI=1S/C27H47Cl/c1-18(2)7-6-8-19(3)23-11-12-24-22-10-9-20-17-21(28)13-15-26(20,4)25(22)14-16-27(23,24)5/h18-25H,6-17H2,1-5H3/t19?,20-,21+,22?,23?,24?,25?,26?,27?/m0/s1. The molecule has 162 valence electrons. The third-order valence-corrected chi connectivity index (χ3v) is 11.2. The molecular weight excluding hydrogens is 360 g/mol. The highest BCUT2D eigenvalue weighted by Gasteiger charge is 2.60. The van der Waals surface area contributed by atoms with Crippen molar-refractivity contribution < 1.29 is 0 Å². The molecule has 0 bridgehead atoms. The molecule has 4 rings (SSSR count). The molecule has 0 aromatic carbocycles. The molecule has 0 aliphatic heterocycles. The minimum absolute atomic E-state index is 0.464. The molecule has 0 N–H and O–H groups in total. The molecule has 0 amide bonds. The molecule has 0 radical (unpaired) electrons. The Kier molecular flexibility index (Phi) is 6.22. The average molecular weight is 407 g/mol. The topological polar surface area (TPSA) is 0 Å². The highest BCUT2D eigenvalue weighted by Crippen LogP contribution is 2.68. The Hall–Kier alpha value is 0.290. The lowest BCUT2D eigenvalue weighted by molar-refractivity contribution is -0.113. The molecule has 0 heterocycles. The van der Waals surface area contributed by atoms with E-state index >= 15 is 0 Å². The zero-order valence-electron chi connectivity index (χ0n) is 19.5.